The molecule has 1 aromatic heterocycles. The Hall–Kier alpha value is -1.71. The second-order valence-electron chi connectivity index (χ2n) is 7.09. The van der Waals surface area contributed by atoms with Gasteiger partial charge in [0.2, 0.25) is 0 Å². The number of H-pyrrole nitrogens is 1. The molecule has 2 aliphatic rings. The van der Waals surface area contributed by atoms with E-state index in [1.165, 1.54) is 30.0 Å². The van der Waals surface area contributed by atoms with Crippen LogP contribution < -0.4 is 21.9 Å². The lowest BCUT2D eigenvalue weighted by Gasteiger charge is -2.26. The number of nitrogens with one attached hydrogen (secondary N) is 3. The van der Waals surface area contributed by atoms with Crippen LogP contribution in [0.5, 0.6) is 0 Å². The van der Waals surface area contributed by atoms with E-state index in [4.69, 9.17) is 17.0 Å². The molecule has 9 heteroatoms. The first-order valence-electron chi connectivity index (χ1n) is 9.13. The summed E-state index contributed by atoms with van der Waals surface area (Å²) in [4.78, 5) is 25.9. The molecule has 0 amide bonds. The number of rotatable bonds is 4. The molecule has 144 valence electrons. The van der Waals surface area contributed by atoms with Gasteiger partial charge in [0.15, 0.2) is 5.11 Å². The van der Waals surface area contributed by atoms with Crippen molar-refractivity contribution in [3.63, 3.8) is 0 Å². The highest BCUT2D eigenvalue weighted by molar-refractivity contribution is 7.80. The van der Waals surface area contributed by atoms with Gasteiger partial charge in [0, 0.05) is 24.2 Å². The maximum atomic E-state index is 12.1. The lowest BCUT2D eigenvalue weighted by atomic mass is 9.96. The van der Waals surface area contributed by atoms with E-state index in [0.717, 1.165) is 12.8 Å². The number of aryl methyl sites for hydroxylation is 1. The minimum Gasteiger partial charge on any atom is -0.394 e. The molecule has 26 heavy (non-hydrogen) atoms. The van der Waals surface area contributed by atoms with Crippen molar-refractivity contribution < 1.29 is 9.84 Å². The average Bonchev–Trinajstić information content (AvgIpc) is 3.01. The second-order valence-corrected chi connectivity index (χ2v) is 7.49. The van der Waals surface area contributed by atoms with Crippen molar-refractivity contribution in [2.75, 3.05) is 6.61 Å². The molecule has 1 aliphatic heterocycles. The number of ether oxygens (including phenoxy) is 1. The van der Waals surface area contributed by atoms with Crippen LogP contribution in [-0.4, -0.2) is 44.6 Å². The smallest absolute Gasteiger partial charge is 0.330 e. The Morgan fingerprint density at radius 1 is 1.35 bits per heavy atom. The Balaban J connectivity index is 1.65. The zero-order valence-electron chi connectivity index (χ0n) is 14.9. The Morgan fingerprint density at radius 2 is 2.08 bits per heavy atom. The van der Waals surface area contributed by atoms with E-state index >= 15 is 0 Å². The van der Waals surface area contributed by atoms with Crippen LogP contribution in [-0.2, 0) is 4.74 Å². The molecule has 8 nitrogen and oxygen atoms in total. The van der Waals surface area contributed by atoms with Gasteiger partial charge in [0.1, 0.15) is 12.3 Å². The van der Waals surface area contributed by atoms with Crippen molar-refractivity contribution in [3.05, 3.63) is 32.6 Å². The monoisotopic (exact) mass is 382 g/mol. The summed E-state index contributed by atoms with van der Waals surface area (Å²) >= 11 is 5.42. The maximum absolute atomic E-state index is 12.1. The molecular weight excluding hydrogens is 356 g/mol. The van der Waals surface area contributed by atoms with Gasteiger partial charge in [-0.15, -0.1) is 0 Å². The predicted octanol–water partition coefficient (Wildman–Crippen LogP) is 0.290. The Bertz CT molecular complexity index is 756. The van der Waals surface area contributed by atoms with Crippen LogP contribution in [0.15, 0.2) is 15.8 Å². The molecule has 3 atom stereocenters. The van der Waals surface area contributed by atoms with Crippen molar-refractivity contribution in [2.45, 2.75) is 69.9 Å². The zero-order chi connectivity index (χ0) is 18.7. The van der Waals surface area contributed by atoms with Gasteiger partial charge in [0.05, 0.1) is 12.6 Å². The molecule has 4 N–H and O–H groups in total. The van der Waals surface area contributed by atoms with Gasteiger partial charge in [0.25, 0.3) is 5.56 Å². The first-order valence-corrected chi connectivity index (χ1v) is 9.54. The highest BCUT2D eigenvalue weighted by atomic mass is 32.1. The minimum absolute atomic E-state index is 0.183. The summed E-state index contributed by atoms with van der Waals surface area (Å²) in [5, 5.41) is 16.7. The third kappa shape index (κ3) is 4.33. The van der Waals surface area contributed by atoms with Crippen LogP contribution >= 0.6 is 12.2 Å². The van der Waals surface area contributed by atoms with E-state index in [0.29, 0.717) is 23.1 Å². The molecule has 0 unspecified atom stereocenters. The van der Waals surface area contributed by atoms with Crippen molar-refractivity contribution in [1.29, 1.82) is 0 Å². The molecule has 2 heterocycles. The highest BCUT2D eigenvalue weighted by Gasteiger charge is 2.37. The van der Waals surface area contributed by atoms with Crippen LogP contribution in [0.1, 0.15) is 50.3 Å². The summed E-state index contributed by atoms with van der Waals surface area (Å²) in [6, 6.07) is 0.173. The fourth-order valence-electron chi connectivity index (χ4n) is 3.66. The third-order valence-corrected chi connectivity index (χ3v) is 5.36. The van der Waals surface area contributed by atoms with Crippen molar-refractivity contribution in [1.82, 2.24) is 20.2 Å². The summed E-state index contributed by atoms with van der Waals surface area (Å²) in [6.45, 7) is 1.45. The summed E-state index contributed by atoms with van der Waals surface area (Å²) in [6.07, 6.45) is 6.82. The summed E-state index contributed by atoms with van der Waals surface area (Å²) < 4.78 is 7.18. The van der Waals surface area contributed by atoms with Crippen LogP contribution in [0, 0.1) is 6.92 Å². The molecule has 1 aromatic rings. The van der Waals surface area contributed by atoms with Gasteiger partial charge in [-0.1, -0.05) is 19.3 Å². The number of aliphatic hydroxyl groups is 1. The fourth-order valence-corrected chi connectivity index (χ4v) is 3.98. The predicted molar refractivity (Wildman–Crippen MR) is 101 cm³/mol. The number of thiocarbonyl (C=S) groups is 1. The molecule has 3 rings (SSSR count). The van der Waals surface area contributed by atoms with E-state index in [9.17, 15) is 14.7 Å². The van der Waals surface area contributed by atoms with Gasteiger partial charge >= 0.3 is 5.69 Å². The van der Waals surface area contributed by atoms with Crippen molar-refractivity contribution in [2.24, 2.45) is 0 Å². The van der Waals surface area contributed by atoms with E-state index in [1.54, 1.807) is 6.92 Å². The zero-order valence-corrected chi connectivity index (χ0v) is 15.7. The Morgan fingerprint density at radius 3 is 2.77 bits per heavy atom. The molecule has 2 fully saturated rings. The Labute approximate surface area is 157 Å². The topological polar surface area (TPSA) is 108 Å². The lowest BCUT2D eigenvalue weighted by Crippen LogP contribution is -2.49. The number of nitrogens with zero attached hydrogens (tertiary/aromatic N) is 1. The van der Waals surface area contributed by atoms with Crippen LogP contribution in [0.3, 0.4) is 0 Å². The number of hydrogen-bond acceptors (Lipinski definition) is 5. The SMILES string of the molecule is Cc1cn([C@H]2C[C@H](NC(=S)NC3CCCCC3)[C@@H](CO)O2)c(=O)[nH]c1=O. The number of aromatic amines is 1. The normalized spacial score (nSPS) is 26.6. The summed E-state index contributed by atoms with van der Waals surface area (Å²) in [7, 11) is 0. The van der Waals surface area contributed by atoms with Crippen molar-refractivity contribution >= 4 is 17.3 Å². The largest absolute Gasteiger partial charge is 0.394 e. The summed E-state index contributed by atoms with van der Waals surface area (Å²) in [5.74, 6) is 0. The molecule has 0 aromatic carbocycles. The van der Waals surface area contributed by atoms with Crippen molar-refractivity contribution in [3.8, 4) is 0 Å². The van der Waals surface area contributed by atoms with E-state index in [-0.39, 0.29) is 12.6 Å². The quantitative estimate of drug-likeness (QED) is 0.554. The maximum Gasteiger partial charge on any atom is 0.330 e. The number of hydrogen-bond donors (Lipinski definition) is 4. The molecule has 1 aliphatic carbocycles. The van der Waals surface area contributed by atoms with Gasteiger partial charge in [-0.3, -0.25) is 14.3 Å². The van der Waals surface area contributed by atoms with Gasteiger partial charge in [-0.25, -0.2) is 4.79 Å². The average molecular weight is 382 g/mol. The number of aliphatic hydroxyl groups excluding tert-OH is 1. The van der Waals surface area contributed by atoms with E-state index < -0.39 is 23.6 Å². The molecule has 0 bridgehead atoms. The molecule has 1 saturated carbocycles. The first-order chi connectivity index (χ1) is 12.5. The van der Waals surface area contributed by atoms with Gasteiger partial charge in [-0.2, -0.15) is 0 Å². The minimum atomic E-state index is -0.565. The van der Waals surface area contributed by atoms with Gasteiger partial charge in [-0.05, 0) is 32.0 Å². The highest BCUT2D eigenvalue weighted by Crippen LogP contribution is 2.27. The Kier molecular flexibility index (Phi) is 6.10. The standard InChI is InChI=1S/C17H26N4O4S/c1-10-8-21(17(24)20-15(10)23)14-7-12(13(9-22)25-14)19-16(26)18-11-5-3-2-4-6-11/h8,11-14,22H,2-7,9H2,1H3,(H2,18,19,26)(H,20,23,24)/t12-,13+,14+/m0/s1. The van der Waals surface area contributed by atoms with E-state index in [2.05, 4.69) is 15.6 Å². The van der Waals surface area contributed by atoms with Gasteiger partial charge < -0.3 is 20.5 Å². The van der Waals surface area contributed by atoms with Crippen LogP contribution in [0.25, 0.3) is 0 Å². The lowest BCUT2D eigenvalue weighted by molar-refractivity contribution is -0.0281. The second kappa shape index (κ2) is 8.32. The third-order valence-electron chi connectivity index (χ3n) is 5.13. The molecule has 0 radical (unpaired) electrons. The molecule has 0 spiro atoms. The fraction of sp³-hybridized carbons (Fsp3) is 0.706. The number of aromatic nitrogens is 2. The van der Waals surface area contributed by atoms with Crippen LogP contribution in [0.4, 0.5) is 0 Å². The summed E-state index contributed by atoms with van der Waals surface area (Å²) in [5.41, 5.74) is -0.499. The first kappa shape index (κ1) is 19.1. The van der Waals surface area contributed by atoms with E-state index in [1.807, 2.05) is 0 Å². The molecule has 1 saturated heterocycles. The van der Waals surface area contributed by atoms with Crippen LogP contribution in [0.2, 0.25) is 0 Å². The molecular formula is C17H26N4O4S.